The highest BCUT2D eigenvalue weighted by Gasteiger charge is 2.34. The summed E-state index contributed by atoms with van der Waals surface area (Å²) in [5.74, 6) is -0.433. The molecule has 1 aliphatic rings. The predicted octanol–water partition coefficient (Wildman–Crippen LogP) is 3.57. The molecule has 130 valence electrons. The number of rotatable bonds is 5. The number of aryl methyl sites for hydroxylation is 1. The van der Waals surface area contributed by atoms with Crippen molar-refractivity contribution in [2.45, 2.75) is 26.3 Å². The van der Waals surface area contributed by atoms with Crippen molar-refractivity contribution in [2.75, 3.05) is 11.4 Å². The van der Waals surface area contributed by atoms with Gasteiger partial charge in [0, 0.05) is 30.2 Å². The maximum absolute atomic E-state index is 12.4. The van der Waals surface area contributed by atoms with Gasteiger partial charge in [0.2, 0.25) is 11.8 Å². The zero-order valence-electron chi connectivity index (χ0n) is 14.2. The van der Waals surface area contributed by atoms with Gasteiger partial charge in [0.15, 0.2) is 0 Å². The SMILES string of the molecule is CCc1ccc(CNC(=O)[C@H]2CC(=O)N(c3ccc(Cl)cc3)C2)cc1. The minimum atomic E-state index is -0.321. The van der Waals surface area contributed by atoms with E-state index in [2.05, 4.69) is 24.4 Å². The Hall–Kier alpha value is -2.33. The molecule has 1 atom stereocenters. The molecule has 0 bridgehead atoms. The van der Waals surface area contributed by atoms with Crippen LogP contribution in [0.4, 0.5) is 5.69 Å². The third kappa shape index (κ3) is 4.20. The number of nitrogens with one attached hydrogen (secondary N) is 1. The van der Waals surface area contributed by atoms with Gasteiger partial charge in [0.1, 0.15) is 0 Å². The lowest BCUT2D eigenvalue weighted by molar-refractivity contribution is -0.126. The average molecular weight is 357 g/mol. The van der Waals surface area contributed by atoms with E-state index in [4.69, 9.17) is 11.6 Å². The third-order valence-corrected chi connectivity index (χ3v) is 4.78. The Balaban J connectivity index is 1.57. The molecule has 1 fully saturated rings. The van der Waals surface area contributed by atoms with Gasteiger partial charge in [0.05, 0.1) is 5.92 Å². The lowest BCUT2D eigenvalue weighted by Crippen LogP contribution is -2.32. The van der Waals surface area contributed by atoms with Crippen molar-refractivity contribution >= 4 is 29.1 Å². The van der Waals surface area contributed by atoms with Gasteiger partial charge in [0.25, 0.3) is 0 Å². The predicted molar refractivity (Wildman–Crippen MR) is 99.6 cm³/mol. The molecule has 0 unspecified atom stereocenters. The molecule has 25 heavy (non-hydrogen) atoms. The number of hydrogen-bond donors (Lipinski definition) is 1. The first-order valence-electron chi connectivity index (χ1n) is 8.48. The van der Waals surface area contributed by atoms with Crippen LogP contribution in [0, 0.1) is 5.92 Å². The van der Waals surface area contributed by atoms with Crippen molar-refractivity contribution in [3.63, 3.8) is 0 Å². The molecule has 0 spiro atoms. The van der Waals surface area contributed by atoms with Crippen LogP contribution >= 0.6 is 11.6 Å². The zero-order valence-corrected chi connectivity index (χ0v) is 14.9. The summed E-state index contributed by atoms with van der Waals surface area (Å²) in [6, 6.07) is 15.3. The third-order valence-electron chi connectivity index (χ3n) is 4.53. The second-order valence-electron chi connectivity index (χ2n) is 6.27. The molecule has 3 rings (SSSR count). The Morgan fingerprint density at radius 3 is 2.40 bits per heavy atom. The molecule has 1 saturated heterocycles. The molecule has 2 aromatic rings. The van der Waals surface area contributed by atoms with E-state index in [0.717, 1.165) is 17.7 Å². The Bertz CT molecular complexity index is 756. The van der Waals surface area contributed by atoms with Crippen LogP contribution in [0.5, 0.6) is 0 Å². The molecule has 1 aliphatic heterocycles. The smallest absolute Gasteiger partial charge is 0.227 e. The van der Waals surface area contributed by atoms with Crippen molar-refractivity contribution in [3.05, 3.63) is 64.7 Å². The summed E-state index contributed by atoms with van der Waals surface area (Å²) < 4.78 is 0. The average Bonchev–Trinajstić information content (AvgIpc) is 3.02. The summed E-state index contributed by atoms with van der Waals surface area (Å²) in [6.07, 6.45) is 1.24. The lowest BCUT2D eigenvalue weighted by atomic mass is 10.1. The first kappa shape index (κ1) is 17.5. The molecule has 1 N–H and O–H groups in total. The van der Waals surface area contributed by atoms with Gasteiger partial charge >= 0.3 is 0 Å². The van der Waals surface area contributed by atoms with E-state index >= 15 is 0 Å². The zero-order chi connectivity index (χ0) is 17.8. The Morgan fingerprint density at radius 1 is 1.12 bits per heavy atom. The summed E-state index contributed by atoms with van der Waals surface area (Å²) in [5, 5.41) is 3.56. The largest absolute Gasteiger partial charge is 0.352 e. The van der Waals surface area contributed by atoms with Gasteiger partial charge < -0.3 is 10.2 Å². The van der Waals surface area contributed by atoms with Crippen LogP contribution in [0.1, 0.15) is 24.5 Å². The second-order valence-corrected chi connectivity index (χ2v) is 6.71. The standard InChI is InChI=1S/C20H21ClN2O2/c1-2-14-3-5-15(6-4-14)12-22-20(25)16-11-19(24)23(13-16)18-9-7-17(21)8-10-18/h3-10,16H,2,11-13H2,1H3,(H,22,25)/t16-/m0/s1. The van der Waals surface area contributed by atoms with Gasteiger partial charge in [-0.05, 0) is 41.8 Å². The molecule has 2 aromatic carbocycles. The number of benzene rings is 2. The fraction of sp³-hybridized carbons (Fsp3) is 0.300. The summed E-state index contributed by atoms with van der Waals surface area (Å²) in [4.78, 5) is 26.3. The van der Waals surface area contributed by atoms with E-state index < -0.39 is 0 Å². The van der Waals surface area contributed by atoms with E-state index in [-0.39, 0.29) is 24.2 Å². The van der Waals surface area contributed by atoms with Crippen molar-refractivity contribution in [3.8, 4) is 0 Å². The summed E-state index contributed by atoms with van der Waals surface area (Å²) >= 11 is 5.88. The number of amides is 2. The van der Waals surface area contributed by atoms with E-state index in [1.165, 1.54) is 5.56 Å². The first-order chi connectivity index (χ1) is 12.1. The molecule has 0 saturated carbocycles. The fourth-order valence-corrected chi connectivity index (χ4v) is 3.11. The highest BCUT2D eigenvalue weighted by Crippen LogP contribution is 2.26. The normalized spacial score (nSPS) is 17.0. The van der Waals surface area contributed by atoms with Gasteiger partial charge in [-0.25, -0.2) is 0 Å². The van der Waals surface area contributed by atoms with E-state index in [9.17, 15) is 9.59 Å². The Labute approximate surface area is 152 Å². The van der Waals surface area contributed by atoms with Crippen LogP contribution < -0.4 is 10.2 Å². The minimum Gasteiger partial charge on any atom is -0.352 e. The van der Waals surface area contributed by atoms with E-state index in [0.29, 0.717) is 18.1 Å². The lowest BCUT2D eigenvalue weighted by Gasteiger charge is -2.16. The molecule has 0 aromatic heterocycles. The van der Waals surface area contributed by atoms with Crippen LogP contribution in [0.2, 0.25) is 5.02 Å². The fourth-order valence-electron chi connectivity index (χ4n) is 2.98. The van der Waals surface area contributed by atoms with Crippen molar-refractivity contribution in [1.82, 2.24) is 5.32 Å². The van der Waals surface area contributed by atoms with Crippen molar-refractivity contribution in [1.29, 1.82) is 0 Å². The maximum atomic E-state index is 12.4. The summed E-state index contributed by atoms with van der Waals surface area (Å²) in [5.41, 5.74) is 3.11. The highest BCUT2D eigenvalue weighted by atomic mass is 35.5. The number of anilines is 1. The number of hydrogen-bond acceptors (Lipinski definition) is 2. The highest BCUT2D eigenvalue weighted by molar-refractivity contribution is 6.30. The first-order valence-corrected chi connectivity index (χ1v) is 8.86. The van der Waals surface area contributed by atoms with Gasteiger partial charge in [-0.2, -0.15) is 0 Å². The van der Waals surface area contributed by atoms with E-state index in [1.54, 1.807) is 29.2 Å². The molecule has 0 aliphatic carbocycles. The number of halogens is 1. The maximum Gasteiger partial charge on any atom is 0.227 e. The summed E-state index contributed by atoms with van der Waals surface area (Å²) in [6.45, 7) is 3.00. The summed E-state index contributed by atoms with van der Waals surface area (Å²) in [7, 11) is 0. The van der Waals surface area contributed by atoms with Gasteiger partial charge in [-0.3, -0.25) is 9.59 Å². The van der Waals surface area contributed by atoms with Crippen LogP contribution in [-0.4, -0.2) is 18.4 Å². The van der Waals surface area contributed by atoms with E-state index in [1.807, 2.05) is 12.1 Å². The second kappa shape index (κ2) is 7.70. The van der Waals surface area contributed by atoms with Crippen LogP contribution in [0.25, 0.3) is 0 Å². The minimum absolute atomic E-state index is 0.0326. The van der Waals surface area contributed by atoms with Crippen molar-refractivity contribution in [2.24, 2.45) is 5.92 Å². The number of carbonyl (C=O) groups is 2. The topological polar surface area (TPSA) is 49.4 Å². The monoisotopic (exact) mass is 356 g/mol. The van der Waals surface area contributed by atoms with Gasteiger partial charge in [-0.15, -0.1) is 0 Å². The van der Waals surface area contributed by atoms with Gasteiger partial charge in [-0.1, -0.05) is 42.8 Å². The van der Waals surface area contributed by atoms with Crippen molar-refractivity contribution < 1.29 is 9.59 Å². The van der Waals surface area contributed by atoms with Crippen LogP contribution in [-0.2, 0) is 22.6 Å². The molecular weight excluding hydrogens is 336 g/mol. The van der Waals surface area contributed by atoms with Crippen LogP contribution in [0.3, 0.4) is 0 Å². The number of nitrogens with zero attached hydrogens (tertiary/aromatic N) is 1. The Kier molecular flexibility index (Phi) is 5.39. The molecule has 0 radical (unpaired) electrons. The molecule has 2 amide bonds. The molecular formula is C20H21ClN2O2. The molecule has 5 heteroatoms. The number of carbonyl (C=O) groups excluding carboxylic acids is 2. The molecule has 4 nitrogen and oxygen atoms in total. The quantitative estimate of drug-likeness (QED) is 0.890. The Morgan fingerprint density at radius 2 is 1.76 bits per heavy atom. The van der Waals surface area contributed by atoms with Crippen LogP contribution in [0.15, 0.2) is 48.5 Å². The molecule has 1 heterocycles.